The summed E-state index contributed by atoms with van der Waals surface area (Å²) in [6, 6.07) is 3.29. The number of sulfonamides is 2. The summed E-state index contributed by atoms with van der Waals surface area (Å²) < 4.78 is 52.6. The third-order valence-electron chi connectivity index (χ3n) is 3.65. The van der Waals surface area contributed by atoms with Gasteiger partial charge in [-0.3, -0.25) is 0 Å². The second-order valence-electron chi connectivity index (χ2n) is 5.26. The Morgan fingerprint density at radius 3 is 2.41 bits per heavy atom. The molecule has 1 aliphatic heterocycles. The average Bonchev–Trinajstić information content (AvgIpc) is 2.89. The molecule has 9 heteroatoms. The topological polar surface area (TPSA) is 74.8 Å². The van der Waals surface area contributed by atoms with Gasteiger partial charge in [-0.25, -0.2) is 21.1 Å². The molecule has 0 N–H and O–H groups in total. The molecule has 0 spiro atoms. The van der Waals surface area contributed by atoms with E-state index in [1.165, 1.54) is 19.9 Å². The van der Waals surface area contributed by atoms with Gasteiger partial charge in [-0.2, -0.15) is 4.31 Å². The van der Waals surface area contributed by atoms with E-state index in [1.54, 1.807) is 17.5 Å². The van der Waals surface area contributed by atoms with E-state index in [9.17, 15) is 16.8 Å². The first-order valence-electron chi connectivity index (χ1n) is 7.39. The fourth-order valence-corrected chi connectivity index (χ4v) is 6.67. The fourth-order valence-electron chi connectivity index (χ4n) is 2.38. The highest BCUT2D eigenvalue weighted by molar-refractivity contribution is 7.91. The Morgan fingerprint density at radius 2 is 1.77 bits per heavy atom. The van der Waals surface area contributed by atoms with Crippen LogP contribution < -0.4 is 0 Å². The molecule has 126 valence electrons. The third kappa shape index (κ3) is 4.08. The number of nitrogens with zero attached hydrogens (tertiary/aromatic N) is 2. The van der Waals surface area contributed by atoms with Crippen LogP contribution in [-0.2, 0) is 20.0 Å². The monoisotopic (exact) mass is 366 g/mol. The minimum atomic E-state index is -3.50. The molecule has 0 unspecified atom stereocenters. The van der Waals surface area contributed by atoms with E-state index in [-0.39, 0.29) is 18.8 Å². The molecule has 0 saturated carbocycles. The molecule has 0 aliphatic carbocycles. The Bertz CT molecular complexity index is 668. The number of unbranched alkanes of at least 4 members (excludes halogenated alkanes) is 1. The van der Waals surface area contributed by atoms with Crippen molar-refractivity contribution in [3.8, 4) is 0 Å². The molecule has 0 atom stereocenters. The summed E-state index contributed by atoms with van der Waals surface area (Å²) in [4.78, 5) is 0. The molecule has 1 fully saturated rings. The number of hydrogen-bond donors (Lipinski definition) is 0. The minimum Gasteiger partial charge on any atom is -0.212 e. The SMILES string of the molecule is CCCCS(=O)(=O)N1CCCN(S(=O)(=O)c2cccs2)CC1. The van der Waals surface area contributed by atoms with Crippen molar-refractivity contribution in [2.45, 2.75) is 30.4 Å². The highest BCUT2D eigenvalue weighted by Gasteiger charge is 2.30. The average molecular weight is 367 g/mol. The maximum atomic E-state index is 12.5. The Balaban J connectivity index is 2.07. The maximum absolute atomic E-state index is 12.5. The molecule has 0 bridgehead atoms. The summed E-state index contributed by atoms with van der Waals surface area (Å²) >= 11 is 1.19. The van der Waals surface area contributed by atoms with Gasteiger partial charge < -0.3 is 0 Å². The molecule has 2 heterocycles. The molecule has 0 radical (unpaired) electrons. The van der Waals surface area contributed by atoms with Crippen molar-refractivity contribution in [2.75, 3.05) is 31.9 Å². The van der Waals surface area contributed by atoms with Crippen molar-refractivity contribution in [1.29, 1.82) is 0 Å². The minimum absolute atomic E-state index is 0.140. The summed E-state index contributed by atoms with van der Waals surface area (Å²) in [5.41, 5.74) is 0. The predicted molar refractivity (Wildman–Crippen MR) is 88.0 cm³/mol. The van der Waals surface area contributed by atoms with Crippen molar-refractivity contribution in [3.05, 3.63) is 17.5 Å². The number of hydrogen-bond acceptors (Lipinski definition) is 5. The van der Waals surface area contributed by atoms with Gasteiger partial charge >= 0.3 is 0 Å². The van der Waals surface area contributed by atoms with Crippen LogP contribution in [0.1, 0.15) is 26.2 Å². The van der Waals surface area contributed by atoms with Crippen molar-refractivity contribution in [3.63, 3.8) is 0 Å². The van der Waals surface area contributed by atoms with Gasteiger partial charge in [0.25, 0.3) is 10.0 Å². The standard InChI is InChI=1S/C13H22N2O4S3/c1-2-3-12-21(16,17)14-7-5-8-15(10-9-14)22(18,19)13-6-4-11-20-13/h4,6,11H,2-3,5,7-10,12H2,1H3. The highest BCUT2D eigenvalue weighted by atomic mass is 32.2. The summed E-state index contributed by atoms with van der Waals surface area (Å²) in [6.07, 6.45) is 1.98. The van der Waals surface area contributed by atoms with Crippen molar-refractivity contribution in [2.24, 2.45) is 0 Å². The van der Waals surface area contributed by atoms with E-state index in [4.69, 9.17) is 0 Å². The molecule has 0 aromatic carbocycles. The molecule has 0 amide bonds. The zero-order valence-corrected chi connectivity index (χ0v) is 15.1. The van der Waals surface area contributed by atoms with E-state index in [0.717, 1.165) is 6.42 Å². The van der Waals surface area contributed by atoms with Gasteiger partial charge in [-0.15, -0.1) is 11.3 Å². The van der Waals surface area contributed by atoms with E-state index in [1.807, 2.05) is 6.92 Å². The van der Waals surface area contributed by atoms with Crippen LogP contribution in [0.4, 0.5) is 0 Å². The zero-order valence-electron chi connectivity index (χ0n) is 12.6. The second-order valence-corrected chi connectivity index (χ2v) is 10.5. The van der Waals surface area contributed by atoms with Crippen LogP contribution in [0.25, 0.3) is 0 Å². The highest BCUT2D eigenvalue weighted by Crippen LogP contribution is 2.22. The predicted octanol–water partition coefficient (Wildman–Crippen LogP) is 1.57. The Hall–Kier alpha value is -0.480. The van der Waals surface area contributed by atoms with Gasteiger partial charge in [0.1, 0.15) is 4.21 Å². The largest absolute Gasteiger partial charge is 0.252 e. The lowest BCUT2D eigenvalue weighted by molar-refractivity contribution is 0.404. The smallest absolute Gasteiger partial charge is 0.212 e. The summed E-state index contributed by atoms with van der Waals surface area (Å²) in [5.74, 6) is 0.140. The van der Waals surface area contributed by atoms with Crippen LogP contribution in [0.3, 0.4) is 0 Å². The van der Waals surface area contributed by atoms with Gasteiger partial charge in [-0.1, -0.05) is 19.4 Å². The number of thiophene rings is 1. The fraction of sp³-hybridized carbons (Fsp3) is 0.692. The first-order valence-corrected chi connectivity index (χ1v) is 11.3. The molecule has 1 saturated heterocycles. The van der Waals surface area contributed by atoms with Crippen molar-refractivity contribution < 1.29 is 16.8 Å². The molecule has 22 heavy (non-hydrogen) atoms. The van der Waals surface area contributed by atoms with Crippen LogP contribution >= 0.6 is 11.3 Å². The van der Waals surface area contributed by atoms with Crippen LogP contribution in [0, 0.1) is 0 Å². The van der Waals surface area contributed by atoms with Crippen LogP contribution in [-0.4, -0.2) is 57.4 Å². The lowest BCUT2D eigenvalue weighted by Crippen LogP contribution is -2.38. The summed E-state index contributed by atoms with van der Waals surface area (Å²) in [7, 11) is -6.77. The molecule has 1 aromatic heterocycles. The molecular formula is C13H22N2O4S3. The van der Waals surface area contributed by atoms with Gasteiger partial charge in [0.15, 0.2) is 0 Å². The molecule has 6 nitrogen and oxygen atoms in total. The molecule has 2 rings (SSSR count). The Labute approximate surface area is 136 Å². The first-order chi connectivity index (χ1) is 10.4. The Morgan fingerprint density at radius 1 is 1.09 bits per heavy atom. The van der Waals surface area contributed by atoms with E-state index >= 15 is 0 Å². The van der Waals surface area contributed by atoms with Crippen molar-refractivity contribution >= 4 is 31.4 Å². The quantitative estimate of drug-likeness (QED) is 0.766. The van der Waals surface area contributed by atoms with Crippen LogP contribution in [0.15, 0.2) is 21.7 Å². The van der Waals surface area contributed by atoms with E-state index in [2.05, 4.69) is 0 Å². The summed E-state index contributed by atoms with van der Waals surface area (Å²) in [5, 5.41) is 1.73. The van der Waals surface area contributed by atoms with Gasteiger partial charge in [-0.05, 0) is 24.3 Å². The van der Waals surface area contributed by atoms with Crippen LogP contribution in [0.5, 0.6) is 0 Å². The Kier molecular flexibility index (Phi) is 6.00. The molecule has 1 aromatic rings. The van der Waals surface area contributed by atoms with Gasteiger partial charge in [0.2, 0.25) is 10.0 Å². The second kappa shape index (κ2) is 7.39. The van der Waals surface area contributed by atoms with Gasteiger partial charge in [0.05, 0.1) is 5.75 Å². The maximum Gasteiger partial charge on any atom is 0.252 e. The normalized spacial score (nSPS) is 19.1. The third-order valence-corrected chi connectivity index (χ3v) is 8.88. The first kappa shape index (κ1) is 17.9. The van der Waals surface area contributed by atoms with E-state index in [0.29, 0.717) is 30.1 Å². The van der Waals surface area contributed by atoms with E-state index < -0.39 is 20.0 Å². The molecule has 1 aliphatic rings. The van der Waals surface area contributed by atoms with Crippen molar-refractivity contribution in [1.82, 2.24) is 8.61 Å². The lowest BCUT2D eigenvalue weighted by Gasteiger charge is -2.21. The van der Waals surface area contributed by atoms with Crippen LogP contribution in [0.2, 0.25) is 0 Å². The number of rotatable bonds is 6. The lowest BCUT2D eigenvalue weighted by atomic mass is 10.4. The summed E-state index contributed by atoms with van der Waals surface area (Å²) in [6.45, 7) is 3.15. The van der Waals surface area contributed by atoms with Gasteiger partial charge in [0, 0.05) is 26.2 Å². The zero-order chi connectivity index (χ0) is 16.2. The molecular weight excluding hydrogens is 344 g/mol.